The standard InChI is InChI=1S/C18H16ClN3O2/c1-2-16-20-21-17(11-23)22(16)15-9-8-13(19)10-14(15)18(24)12-6-4-3-5-7-12/h3-10,23H,2,11H2,1H3. The van der Waals surface area contributed by atoms with Crippen LogP contribution in [0.25, 0.3) is 5.69 Å². The largest absolute Gasteiger partial charge is 0.388 e. The number of aryl methyl sites for hydroxylation is 1. The number of hydrogen-bond acceptors (Lipinski definition) is 4. The van der Waals surface area contributed by atoms with Gasteiger partial charge in [0.15, 0.2) is 11.6 Å². The predicted octanol–water partition coefficient (Wildman–Crippen LogP) is 3.21. The van der Waals surface area contributed by atoms with Crippen LogP contribution in [0, 0.1) is 0 Å². The van der Waals surface area contributed by atoms with E-state index >= 15 is 0 Å². The van der Waals surface area contributed by atoms with Crippen molar-refractivity contribution in [2.45, 2.75) is 20.0 Å². The number of halogens is 1. The van der Waals surface area contributed by atoms with Gasteiger partial charge in [-0.05, 0) is 18.2 Å². The number of ketones is 1. The van der Waals surface area contributed by atoms with Crippen molar-refractivity contribution in [3.63, 3.8) is 0 Å². The molecule has 122 valence electrons. The molecule has 1 heterocycles. The molecule has 1 aromatic heterocycles. The van der Waals surface area contributed by atoms with Crippen molar-refractivity contribution < 1.29 is 9.90 Å². The van der Waals surface area contributed by atoms with Gasteiger partial charge in [-0.1, -0.05) is 48.9 Å². The van der Waals surface area contributed by atoms with Crippen LogP contribution in [0.2, 0.25) is 5.02 Å². The third kappa shape index (κ3) is 2.96. The smallest absolute Gasteiger partial charge is 0.195 e. The molecule has 3 rings (SSSR count). The third-order valence-electron chi connectivity index (χ3n) is 3.73. The molecule has 3 aromatic rings. The molecular formula is C18H16ClN3O2. The zero-order chi connectivity index (χ0) is 17.1. The summed E-state index contributed by atoms with van der Waals surface area (Å²) in [5.74, 6) is 0.910. The van der Waals surface area contributed by atoms with E-state index in [1.807, 2.05) is 25.1 Å². The van der Waals surface area contributed by atoms with Gasteiger partial charge in [0.25, 0.3) is 0 Å². The second-order valence-electron chi connectivity index (χ2n) is 5.24. The molecule has 0 bridgehead atoms. The average Bonchev–Trinajstić information content (AvgIpc) is 3.04. The highest BCUT2D eigenvalue weighted by Crippen LogP contribution is 2.25. The molecule has 0 saturated heterocycles. The molecule has 0 aliphatic carbocycles. The lowest BCUT2D eigenvalue weighted by atomic mass is 10.0. The maximum atomic E-state index is 12.9. The number of rotatable bonds is 5. The second kappa shape index (κ2) is 6.95. The summed E-state index contributed by atoms with van der Waals surface area (Å²) in [5, 5.41) is 18.1. The first-order valence-electron chi connectivity index (χ1n) is 7.59. The summed E-state index contributed by atoms with van der Waals surface area (Å²) >= 11 is 6.11. The highest BCUT2D eigenvalue weighted by molar-refractivity contribution is 6.31. The number of carbonyl (C=O) groups excluding carboxylic acids is 1. The number of hydrogen-bond donors (Lipinski definition) is 1. The van der Waals surface area contributed by atoms with E-state index in [1.165, 1.54) is 0 Å². The Morgan fingerprint density at radius 3 is 2.50 bits per heavy atom. The van der Waals surface area contributed by atoms with Crippen LogP contribution in [0.4, 0.5) is 0 Å². The molecule has 0 aliphatic rings. The normalized spacial score (nSPS) is 10.8. The first kappa shape index (κ1) is 16.4. The molecule has 24 heavy (non-hydrogen) atoms. The van der Waals surface area contributed by atoms with E-state index in [0.717, 1.165) is 0 Å². The van der Waals surface area contributed by atoms with E-state index in [0.29, 0.717) is 39.9 Å². The van der Waals surface area contributed by atoms with Gasteiger partial charge in [-0.2, -0.15) is 0 Å². The lowest BCUT2D eigenvalue weighted by Crippen LogP contribution is -2.12. The van der Waals surface area contributed by atoms with Gasteiger partial charge in [0.2, 0.25) is 0 Å². The number of aliphatic hydroxyl groups is 1. The molecule has 0 spiro atoms. The molecule has 0 radical (unpaired) electrons. The van der Waals surface area contributed by atoms with Gasteiger partial charge in [-0.15, -0.1) is 10.2 Å². The summed E-state index contributed by atoms with van der Waals surface area (Å²) in [6.07, 6.45) is 0.620. The van der Waals surface area contributed by atoms with Gasteiger partial charge in [0, 0.05) is 22.6 Å². The van der Waals surface area contributed by atoms with E-state index in [2.05, 4.69) is 10.2 Å². The first-order valence-corrected chi connectivity index (χ1v) is 7.97. The molecule has 0 atom stereocenters. The van der Waals surface area contributed by atoms with Gasteiger partial charge in [0.1, 0.15) is 12.4 Å². The van der Waals surface area contributed by atoms with Crippen LogP contribution in [-0.4, -0.2) is 25.7 Å². The fourth-order valence-electron chi connectivity index (χ4n) is 2.59. The van der Waals surface area contributed by atoms with Crippen LogP contribution in [-0.2, 0) is 13.0 Å². The molecule has 0 saturated carbocycles. The molecule has 0 unspecified atom stereocenters. The Kier molecular flexibility index (Phi) is 4.74. The van der Waals surface area contributed by atoms with Gasteiger partial charge in [0.05, 0.1) is 5.69 Å². The Morgan fingerprint density at radius 2 is 1.83 bits per heavy atom. The Balaban J connectivity index is 2.21. The third-order valence-corrected chi connectivity index (χ3v) is 3.97. The fourth-order valence-corrected chi connectivity index (χ4v) is 2.77. The summed E-state index contributed by atoms with van der Waals surface area (Å²) in [7, 11) is 0. The molecule has 0 amide bonds. The van der Waals surface area contributed by atoms with Crippen LogP contribution < -0.4 is 0 Å². The van der Waals surface area contributed by atoms with Gasteiger partial charge in [-0.3, -0.25) is 9.36 Å². The number of carbonyl (C=O) groups is 1. The van der Waals surface area contributed by atoms with Crippen molar-refractivity contribution in [3.05, 3.63) is 76.3 Å². The Morgan fingerprint density at radius 1 is 1.12 bits per heavy atom. The Bertz CT molecular complexity index is 854. The van der Waals surface area contributed by atoms with Crippen molar-refractivity contribution in [3.8, 4) is 5.69 Å². The van der Waals surface area contributed by atoms with Gasteiger partial charge in [-0.25, -0.2) is 0 Å². The quantitative estimate of drug-likeness (QED) is 0.723. The second-order valence-corrected chi connectivity index (χ2v) is 5.67. The summed E-state index contributed by atoms with van der Waals surface area (Å²) in [4.78, 5) is 12.9. The van der Waals surface area contributed by atoms with E-state index in [-0.39, 0.29) is 12.4 Å². The highest BCUT2D eigenvalue weighted by atomic mass is 35.5. The minimum atomic E-state index is -0.269. The van der Waals surface area contributed by atoms with Crippen molar-refractivity contribution in [1.29, 1.82) is 0 Å². The van der Waals surface area contributed by atoms with Crippen LogP contribution in [0.1, 0.15) is 34.5 Å². The topological polar surface area (TPSA) is 68.0 Å². The molecule has 0 aliphatic heterocycles. The molecule has 2 aromatic carbocycles. The summed E-state index contributed by atoms with van der Waals surface area (Å²) in [6, 6.07) is 14.1. The molecule has 5 nitrogen and oxygen atoms in total. The first-order chi connectivity index (χ1) is 11.7. The maximum absolute atomic E-state index is 12.9. The summed E-state index contributed by atoms with van der Waals surface area (Å²) < 4.78 is 1.71. The van der Waals surface area contributed by atoms with Crippen LogP contribution in [0.15, 0.2) is 48.5 Å². The SMILES string of the molecule is CCc1nnc(CO)n1-c1ccc(Cl)cc1C(=O)c1ccccc1. The molecule has 0 fully saturated rings. The van der Waals surface area contributed by atoms with E-state index in [1.54, 1.807) is 34.9 Å². The average molecular weight is 342 g/mol. The molecule has 6 heteroatoms. The predicted molar refractivity (Wildman–Crippen MR) is 91.5 cm³/mol. The van der Waals surface area contributed by atoms with Crippen molar-refractivity contribution in [2.24, 2.45) is 0 Å². The molecule has 1 N–H and O–H groups in total. The lowest BCUT2D eigenvalue weighted by molar-refractivity contribution is 0.103. The minimum absolute atomic E-state index is 0.146. The molecular weight excluding hydrogens is 326 g/mol. The maximum Gasteiger partial charge on any atom is 0.195 e. The zero-order valence-electron chi connectivity index (χ0n) is 13.1. The van der Waals surface area contributed by atoms with Crippen LogP contribution in [0.3, 0.4) is 0 Å². The fraction of sp³-hybridized carbons (Fsp3) is 0.167. The van der Waals surface area contributed by atoms with Gasteiger partial charge < -0.3 is 5.11 Å². The number of benzene rings is 2. The van der Waals surface area contributed by atoms with E-state index < -0.39 is 0 Å². The zero-order valence-corrected chi connectivity index (χ0v) is 13.9. The monoisotopic (exact) mass is 341 g/mol. The van der Waals surface area contributed by atoms with Crippen molar-refractivity contribution in [1.82, 2.24) is 14.8 Å². The summed E-state index contributed by atoms with van der Waals surface area (Å²) in [6.45, 7) is 1.67. The van der Waals surface area contributed by atoms with Crippen LogP contribution in [0.5, 0.6) is 0 Å². The summed E-state index contributed by atoms with van der Waals surface area (Å²) in [5.41, 5.74) is 1.62. The van der Waals surface area contributed by atoms with E-state index in [9.17, 15) is 9.90 Å². The Hall–Kier alpha value is -2.50. The number of aromatic nitrogens is 3. The highest BCUT2D eigenvalue weighted by Gasteiger charge is 2.20. The number of aliphatic hydroxyl groups excluding tert-OH is 1. The van der Waals surface area contributed by atoms with Crippen molar-refractivity contribution >= 4 is 17.4 Å². The number of nitrogens with zero attached hydrogens (tertiary/aromatic N) is 3. The van der Waals surface area contributed by atoms with Gasteiger partial charge >= 0.3 is 0 Å². The van der Waals surface area contributed by atoms with E-state index in [4.69, 9.17) is 11.6 Å². The Labute approximate surface area is 144 Å². The minimum Gasteiger partial charge on any atom is -0.388 e. The van der Waals surface area contributed by atoms with Crippen molar-refractivity contribution in [2.75, 3.05) is 0 Å². The van der Waals surface area contributed by atoms with Crippen LogP contribution >= 0.6 is 11.6 Å². The lowest BCUT2D eigenvalue weighted by Gasteiger charge is -2.14.